The van der Waals surface area contributed by atoms with E-state index in [9.17, 15) is 14.4 Å². The van der Waals surface area contributed by atoms with Gasteiger partial charge in [-0.1, -0.05) is 6.92 Å². The second-order valence-electron chi connectivity index (χ2n) is 4.24. The van der Waals surface area contributed by atoms with Gasteiger partial charge in [0.25, 0.3) is 0 Å². The Bertz CT molecular complexity index is 332. The standard InChI is InChI=1S/C11H19N3O4/c1-2-8(7-10(16)17)13-11(18)14-5-3-9(15)12-4-6-14/h8H,2-7H2,1H3,(H,12,15)(H,13,18)(H,16,17). The normalized spacial score (nSPS) is 17.6. The molecule has 0 bridgehead atoms. The van der Waals surface area contributed by atoms with Gasteiger partial charge < -0.3 is 20.6 Å². The Hall–Kier alpha value is -1.79. The molecule has 0 aromatic carbocycles. The second-order valence-corrected chi connectivity index (χ2v) is 4.24. The Labute approximate surface area is 106 Å². The first-order chi connectivity index (χ1) is 8.52. The number of carbonyl (C=O) groups is 3. The molecule has 1 aliphatic heterocycles. The van der Waals surface area contributed by atoms with Crippen LogP contribution < -0.4 is 10.6 Å². The molecule has 1 unspecified atom stereocenters. The van der Waals surface area contributed by atoms with Crippen LogP contribution >= 0.6 is 0 Å². The van der Waals surface area contributed by atoms with Crippen molar-refractivity contribution in [2.75, 3.05) is 19.6 Å². The molecule has 1 atom stereocenters. The lowest BCUT2D eigenvalue weighted by Crippen LogP contribution is -2.46. The molecule has 3 amide bonds. The summed E-state index contributed by atoms with van der Waals surface area (Å²) in [6, 6.07) is -0.679. The minimum atomic E-state index is -0.935. The minimum Gasteiger partial charge on any atom is -0.481 e. The molecule has 1 aliphatic rings. The van der Waals surface area contributed by atoms with Crippen molar-refractivity contribution in [3.8, 4) is 0 Å². The maximum atomic E-state index is 11.9. The summed E-state index contributed by atoms with van der Waals surface area (Å²) in [5.41, 5.74) is 0. The van der Waals surface area contributed by atoms with Crippen LogP contribution in [0.3, 0.4) is 0 Å². The highest BCUT2D eigenvalue weighted by Crippen LogP contribution is 2.02. The number of urea groups is 1. The van der Waals surface area contributed by atoms with Crippen molar-refractivity contribution in [2.24, 2.45) is 0 Å². The van der Waals surface area contributed by atoms with Crippen LogP contribution in [-0.2, 0) is 9.59 Å². The fourth-order valence-electron chi connectivity index (χ4n) is 1.74. The van der Waals surface area contributed by atoms with Crippen molar-refractivity contribution in [3.05, 3.63) is 0 Å². The molecule has 102 valence electrons. The maximum Gasteiger partial charge on any atom is 0.317 e. The van der Waals surface area contributed by atoms with E-state index < -0.39 is 5.97 Å². The Morgan fingerprint density at radius 2 is 2.22 bits per heavy atom. The number of aliphatic carboxylic acids is 1. The summed E-state index contributed by atoms with van der Waals surface area (Å²) in [7, 11) is 0. The monoisotopic (exact) mass is 257 g/mol. The zero-order valence-electron chi connectivity index (χ0n) is 10.4. The van der Waals surface area contributed by atoms with Crippen molar-refractivity contribution in [1.82, 2.24) is 15.5 Å². The smallest absolute Gasteiger partial charge is 0.317 e. The Kier molecular flexibility index (Phi) is 5.41. The first kappa shape index (κ1) is 14.3. The predicted octanol–water partition coefficient (Wildman–Crippen LogP) is -0.229. The summed E-state index contributed by atoms with van der Waals surface area (Å²) >= 11 is 0. The lowest BCUT2D eigenvalue weighted by molar-refractivity contribution is -0.137. The average Bonchev–Trinajstić information content (AvgIpc) is 2.52. The van der Waals surface area contributed by atoms with Gasteiger partial charge >= 0.3 is 12.0 Å². The molecule has 1 saturated heterocycles. The van der Waals surface area contributed by atoms with Gasteiger partial charge in [-0.15, -0.1) is 0 Å². The van der Waals surface area contributed by atoms with Gasteiger partial charge in [-0.05, 0) is 6.42 Å². The number of rotatable bonds is 4. The Morgan fingerprint density at radius 3 is 2.83 bits per heavy atom. The Morgan fingerprint density at radius 1 is 1.50 bits per heavy atom. The molecule has 1 fully saturated rings. The molecule has 18 heavy (non-hydrogen) atoms. The number of amides is 3. The van der Waals surface area contributed by atoms with Crippen LogP contribution in [0.15, 0.2) is 0 Å². The van der Waals surface area contributed by atoms with Crippen molar-refractivity contribution >= 4 is 17.9 Å². The number of carboxylic acid groups (broad SMARTS) is 1. The number of nitrogens with one attached hydrogen (secondary N) is 2. The third-order valence-electron chi connectivity index (χ3n) is 2.84. The quantitative estimate of drug-likeness (QED) is 0.648. The van der Waals surface area contributed by atoms with Gasteiger partial charge in [0.05, 0.1) is 6.42 Å². The number of carboxylic acids is 1. The van der Waals surface area contributed by atoms with E-state index in [0.717, 1.165) is 0 Å². The summed E-state index contributed by atoms with van der Waals surface area (Å²) in [6.45, 7) is 3.06. The van der Waals surface area contributed by atoms with Crippen molar-refractivity contribution < 1.29 is 19.5 Å². The van der Waals surface area contributed by atoms with Crippen molar-refractivity contribution in [2.45, 2.75) is 32.2 Å². The topological polar surface area (TPSA) is 98.7 Å². The van der Waals surface area contributed by atoms with Crippen LogP contribution in [0.5, 0.6) is 0 Å². The third kappa shape index (κ3) is 4.60. The predicted molar refractivity (Wildman–Crippen MR) is 64.1 cm³/mol. The molecule has 7 heteroatoms. The number of hydrogen-bond acceptors (Lipinski definition) is 3. The molecule has 0 spiro atoms. The summed E-state index contributed by atoms with van der Waals surface area (Å²) in [6.07, 6.45) is 0.749. The molecule has 3 N–H and O–H groups in total. The minimum absolute atomic E-state index is 0.0668. The van der Waals surface area contributed by atoms with Crippen LogP contribution in [0.1, 0.15) is 26.2 Å². The number of hydrogen-bond donors (Lipinski definition) is 3. The van der Waals surface area contributed by atoms with E-state index in [-0.39, 0.29) is 30.8 Å². The van der Waals surface area contributed by atoms with Gasteiger partial charge in [0.2, 0.25) is 5.91 Å². The van der Waals surface area contributed by atoms with Gasteiger partial charge in [0.15, 0.2) is 0 Å². The van der Waals surface area contributed by atoms with E-state index in [1.807, 2.05) is 6.92 Å². The Balaban J connectivity index is 2.47. The van der Waals surface area contributed by atoms with E-state index in [1.54, 1.807) is 0 Å². The van der Waals surface area contributed by atoms with Gasteiger partial charge in [-0.3, -0.25) is 9.59 Å². The lowest BCUT2D eigenvalue weighted by Gasteiger charge is -2.23. The summed E-state index contributed by atoms with van der Waals surface area (Å²) in [5.74, 6) is -1.00. The molecule has 1 rings (SSSR count). The average molecular weight is 257 g/mol. The highest BCUT2D eigenvalue weighted by molar-refractivity contribution is 5.79. The molecule has 1 heterocycles. The summed E-state index contributed by atoms with van der Waals surface area (Å²) in [5, 5.41) is 14.0. The van der Waals surface area contributed by atoms with Gasteiger partial charge in [-0.25, -0.2) is 4.79 Å². The highest BCUT2D eigenvalue weighted by atomic mass is 16.4. The lowest BCUT2D eigenvalue weighted by atomic mass is 10.1. The van der Waals surface area contributed by atoms with E-state index in [2.05, 4.69) is 10.6 Å². The van der Waals surface area contributed by atoms with E-state index in [4.69, 9.17) is 5.11 Å². The van der Waals surface area contributed by atoms with Gasteiger partial charge in [0.1, 0.15) is 0 Å². The van der Waals surface area contributed by atoms with Crippen LogP contribution in [0.4, 0.5) is 4.79 Å². The summed E-state index contributed by atoms with van der Waals surface area (Å²) in [4.78, 5) is 35.2. The first-order valence-corrected chi connectivity index (χ1v) is 6.06. The van der Waals surface area contributed by atoms with Gasteiger partial charge in [-0.2, -0.15) is 0 Å². The number of carbonyl (C=O) groups excluding carboxylic acids is 2. The molecule has 0 saturated carbocycles. The molecular weight excluding hydrogens is 238 g/mol. The van der Waals surface area contributed by atoms with Crippen LogP contribution in [0.25, 0.3) is 0 Å². The first-order valence-electron chi connectivity index (χ1n) is 6.06. The largest absolute Gasteiger partial charge is 0.481 e. The molecule has 0 radical (unpaired) electrons. The molecule has 0 aromatic rings. The van der Waals surface area contributed by atoms with Crippen LogP contribution in [0.2, 0.25) is 0 Å². The zero-order chi connectivity index (χ0) is 13.5. The number of nitrogens with zero attached hydrogens (tertiary/aromatic N) is 1. The maximum absolute atomic E-state index is 11.9. The van der Waals surface area contributed by atoms with Crippen molar-refractivity contribution in [1.29, 1.82) is 0 Å². The fourth-order valence-corrected chi connectivity index (χ4v) is 1.74. The van der Waals surface area contributed by atoms with Gasteiger partial charge in [0, 0.05) is 32.1 Å². The molecular formula is C11H19N3O4. The summed E-state index contributed by atoms with van der Waals surface area (Å²) < 4.78 is 0. The van der Waals surface area contributed by atoms with E-state index >= 15 is 0 Å². The zero-order valence-corrected chi connectivity index (χ0v) is 10.4. The molecule has 0 aromatic heterocycles. The van der Waals surface area contributed by atoms with Crippen LogP contribution in [-0.4, -0.2) is 53.6 Å². The van der Waals surface area contributed by atoms with E-state index in [1.165, 1.54) is 4.90 Å². The molecule has 7 nitrogen and oxygen atoms in total. The second kappa shape index (κ2) is 6.83. The molecule has 0 aliphatic carbocycles. The van der Waals surface area contributed by atoms with E-state index in [0.29, 0.717) is 26.1 Å². The SMILES string of the molecule is CCC(CC(=O)O)NC(=O)N1CCNC(=O)CC1. The fraction of sp³-hybridized carbons (Fsp3) is 0.727. The van der Waals surface area contributed by atoms with Crippen molar-refractivity contribution in [3.63, 3.8) is 0 Å². The van der Waals surface area contributed by atoms with Crippen LogP contribution in [0, 0.1) is 0 Å². The third-order valence-corrected chi connectivity index (χ3v) is 2.84. The highest BCUT2D eigenvalue weighted by Gasteiger charge is 2.21.